The zero-order valence-electron chi connectivity index (χ0n) is 12.2. The van der Waals surface area contributed by atoms with Gasteiger partial charge in [0.2, 0.25) is 0 Å². The molecule has 0 aromatic heterocycles. The van der Waals surface area contributed by atoms with Crippen molar-refractivity contribution in [3.63, 3.8) is 0 Å². The molecule has 0 unspecified atom stereocenters. The zero-order valence-corrected chi connectivity index (χ0v) is 12.2. The molecule has 1 rings (SSSR count). The Morgan fingerprint density at radius 3 is 1.89 bits per heavy atom. The quantitative estimate of drug-likeness (QED) is 0.800. The smallest absolute Gasteiger partial charge is 0.273 e. The van der Waals surface area contributed by atoms with Gasteiger partial charge in [-0.15, -0.1) is 0 Å². The summed E-state index contributed by atoms with van der Waals surface area (Å²) in [6, 6.07) is 4.36. The van der Waals surface area contributed by atoms with Gasteiger partial charge in [-0.25, -0.2) is 0 Å². The van der Waals surface area contributed by atoms with Crippen molar-refractivity contribution in [2.45, 2.75) is 34.6 Å². The number of likely N-dealkylation sites (N-methyl/N-ethyl adjacent to an activating group) is 1. The Balaban J connectivity index is 3.42. The summed E-state index contributed by atoms with van der Waals surface area (Å²) in [4.78, 5) is 11.4. The van der Waals surface area contributed by atoms with Crippen molar-refractivity contribution in [3.05, 3.63) is 28.8 Å². The molecule has 0 radical (unpaired) electrons. The van der Waals surface area contributed by atoms with Gasteiger partial charge in [-0.2, -0.15) is 0 Å². The Labute approximate surface area is 110 Å². The molecule has 1 aromatic rings. The fourth-order valence-electron chi connectivity index (χ4n) is 3.06. The molecule has 0 atom stereocenters. The summed E-state index contributed by atoms with van der Waals surface area (Å²) >= 11 is 0. The van der Waals surface area contributed by atoms with Gasteiger partial charge in [-0.05, 0) is 34.6 Å². The molecule has 3 heteroatoms. The normalized spacial score (nSPS) is 11.6. The Bertz CT molecular complexity index is 425. The standard InChI is InChI=1S/C15H24N2O/c1-6-17(7-2,10-14(16)18)15-12(4)8-11(3)9-13(15)5/h8-9H,6-7,10H2,1-5H3,(H-,16,18)/p+1. The van der Waals surface area contributed by atoms with Crippen LogP contribution in [0.15, 0.2) is 12.1 Å². The average Bonchev–Trinajstić information content (AvgIpc) is 2.25. The molecule has 18 heavy (non-hydrogen) atoms. The Kier molecular flexibility index (Phi) is 4.52. The lowest BCUT2D eigenvalue weighted by atomic mass is 10.0. The van der Waals surface area contributed by atoms with Crippen molar-refractivity contribution in [1.29, 1.82) is 0 Å². The summed E-state index contributed by atoms with van der Waals surface area (Å²) in [7, 11) is 0. The van der Waals surface area contributed by atoms with Crippen molar-refractivity contribution in [2.24, 2.45) is 5.73 Å². The summed E-state index contributed by atoms with van der Waals surface area (Å²) in [6.07, 6.45) is 0. The molecule has 0 aliphatic heterocycles. The molecule has 1 amide bonds. The Morgan fingerprint density at radius 1 is 1.11 bits per heavy atom. The van der Waals surface area contributed by atoms with E-state index in [2.05, 4.69) is 46.8 Å². The summed E-state index contributed by atoms with van der Waals surface area (Å²) < 4.78 is 0.646. The highest BCUT2D eigenvalue weighted by molar-refractivity contribution is 5.79. The molecule has 0 aliphatic carbocycles. The number of nitrogens with zero attached hydrogens (tertiary/aromatic N) is 1. The van der Waals surface area contributed by atoms with Crippen LogP contribution in [-0.4, -0.2) is 25.5 Å². The van der Waals surface area contributed by atoms with Gasteiger partial charge < -0.3 is 5.73 Å². The van der Waals surface area contributed by atoms with Crippen LogP contribution >= 0.6 is 0 Å². The molecule has 0 saturated carbocycles. The van der Waals surface area contributed by atoms with Crippen LogP contribution in [0.3, 0.4) is 0 Å². The highest BCUT2D eigenvalue weighted by Gasteiger charge is 2.32. The molecule has 100 valence electrons. The van der Waals surface area contributed by atoms with Crippen molar-refractivity contribution in [3.8, 4) is 0 Å². The number of primary amides is 1. The molecule has 0 spiro atoms. The predicted octanol–water partition coefficient (Wildman–Crippen LogP) is 2.44. The van der Waals surface area contributed by atoms with Gasteiger partial charge in [0.25, 0.3) is 5.91 Å². The van der Waals surface area contributed by atoms with Crippen LogP contribution in [0.4, 0.5) is 5.69 Å². The minimum atomic E-state index is -0.238. The van der Waals surface area contributed by atoms with Crippen molar-refractivity contribution >= 4 is 11.6 Å². The molecular formula is C15H25N2O+. The van der Waals surface area contributed by atoms with E-state index >= 15 is 0 Å². The Hall–Kier alpha value is -1.35. The second kappa shape index (κ2) is 5.53. The van der Waals surface area contributed by atoms with E-state index in [1.54, 1.807) is 0 Å². The Morgan fingerprint density at radius 2 is 1.56 bits per heavy atom. The van der Waals surface area contributed by atoms with Crippen molar-refractivity contribution in [1.82, 2.24) is 4.48 Å². The van der Waals surface area contributed by atoms with E-state index in [-0.39, 0.29) is 5.91 Å². The molecule has 0 heterocycles. The van der Waals surface area contributed by atoms with Gasteiger partial charge in [0.15, 0.2) is 6.54 Å². The number of nitrogens with two attached hydrogens (primary N) is 1. The molecule has 2 N–H and O–H groups in total. The molecule has 3 nitrogen and oxygen atoms in total. The minimum Gasteiger partial charge on any atom is -0.365 e. The van der Waals surface area contributed by atoms with E-state index in [0.29, 0.717) is 11.0 Å². The van der Waals surface area contributed by atoms with Crippen LogP contribution < -0.4 is 10.2 Å². The van der Waals surface area contributed by atoms with Crippen LogP contribution in [0, 0.1) is 20.8 Å². The van der Waals surface area contributed by atoms with E-state index in [1.165, 1.54) is 22.4 Å². The predicted molar refractivity (Wildman–Crippen MR) is 77.6 cm³/mol. The fraction of sp³-hybridized carbons (Fsp3) is 0.533. The van der Waals surface area contributed by atoms with Gasteiger partial charge >= 0.3 is 0 Å². The number of aryl methyl sites for hydroxylation is 3. The fourth-order valence-corrected chi connectivity index (χ4v) is 3.06. The molecular weight excluding hydrogens is 224 g/mol. The van der Waals surface area contributed by atoms with Gasteiger partial charge in [0, 0.05) is 11.1 Å². The van der Waals surface area contributed by atoms with Gasteiger partial charge in [-0.1, -0.05) is 17.7 Å². The number of carbonyl (C=O) groups is 1. The first-order chi connectivity index (χ1) is 8.36. The molecule has 0 aliphatic rings. The molecule has 0 saturated heterocycles. The third kappa shape index (κ3) is 2.72. The molecule has 0 fully saturated rings. The second-order valence-corrected chi connectivity index (χ2v) is 5.15. The van der Waals surface area contributed by atoms with Crippen LogP contribution in [0.5, 0.6) is 0 Å². The van der Waals surface area contributed by atoms with Gasteiger partial charge in [0.05, 0.1) is 13.1 Å². The maximum atomic E-state index is 11.4. The van der Waals surface area contributed by atoms with E-state index in [1.807, 2.05) is 0 Å². The summed E-state index contributed by atoms with van der Waals surface area (Å²) in [5.74, 6) is -0.238. The highest BCUT2D eigenvalue weighted by Crippen LogP contribution is 2.31. The first-order valence-corrected chi connectivity index (χ1v) is 6.59. The van der Waals surface area contributed by atoms with E-state index in [4.69, 9.17) is 5.73 Å². The lowest BCUT2D eigenvalue weighted by Crippen LogP contribution is -2.54. The van der Waals surface area contributed by atoms with Crippen LogP contribution in [0.1, 0.15) is 30.5 Å². The summed E-state index contributed by atoms with van der Waals surface area (Å²) in [5.41, 5.74) is 10.5. The van der Waals surface area contributed by atoms with E-state index < -0.39 is 0 Å². The maximum absolute atomic E-state index is 11.4. The first-order valence-electron chi connectivity index (χ1n) is 6.59. The SMILES string of the molecule is CC[N+](CC)(CC(N)=O)c1c(C)cc(C)cc1C. The van der Waals surface area contributed by atoms with Crippen LogP contribution in [-0.2, 0) is 4.79 Å². The van der Waals surface area contributed by atoms with E-state index in [0.717, 1.165) is 13.1 Å². The van der Waals surface area contributed by atoms with Gasteiger partial charge in [-0.3, -0.25) is 9.28 Å². The third-order valence-corrected chi connectivity index (χ3v) is 3.78. The summed E-state index contributed by atoms with van der Waals surface area (Å²) in [5, 5.41) is 0. The molecule has 0 bridgehead atoms. The third-order valence-electron chi connectivity index (χ3n) is 3.78. The number of rotatable bonds is 5. The van der Waals surface area contributed by atoms with Crippen molar-refractivity contribution in [2.75, 3.05) is 19.6 Å². The number of benzene rings is 1. The number of amides is 1. The monoisotopic (exact) mass is 249 g/mol. The highest BCUT2D eigenvalue weighted by atomic mass is 16.1. The second-order valence-electron chi connectivity index (χ2n) is 5.15. The number of hydrogen-bond donors (Lipinski definition) is 1. The topological polar surface area (TPSA) is 43.1 Å². The zero-order chi connectivity index (χ0) is 13.9. The lowest BCUT2D eigenvalue weighted by molar-refractivity contribution is -0.118. The number of carbonyl (C=O) groups excluding carboxylic acids is 1. The van der Waals surface area contributed by atoms with E-state index in [9.17, 15) is 4.79 Å². The maximum Gasteiger partial charge on any atom is 0.273 e. The lowest BCUT2D eigenvalue weighted by Gasteiger charge is -2.37. The van der Waals surface area contributed by atoms with Crippen LogP contribution in [0.2, 0.25) is 0 Å². The largest absolute Gasteiger partial charge is 0.365 e. The first kappa shape index (κ1) is 14.7. The average molecular weight is 249 g/mol. The van der Waals surface area contributed by atoms with Crippen molar-refractivity contribution < 1.29 is 4.79 Å². The van der Waals surface area contributed by atoms with Gasteiger partial charge in [0.1, 0.15) is 5.69 Å². The molecule has 1 aromatic carbocycles. The summed E-state index contributed by atoms with van der Waals surface area (Å²) in [6.45, 7) is 12.7. The minimum absolute atomic E-state index is 0.238. The number of quaternary nitrogens is 1. The number of hydrogen-bond acceptors (Lipinski definition) is 1. The van der Waals surface area contributed by atoms with Crippen LogP contribution in [0.25, 0.3) is 0 Å².